The summed E-state index contributed by atoms with van der Waals surface area (Å²) < 4.78 is 5.56. The molecule has 0 unspecified atom stereocenters. The SMILES string of the molecule is CCc1cccc(CC)c1NC(=O)C(=O)Nc1ccc(OC(C)C)cc1. The van der Waals surface area contributed by atoms with Crippen molar-refractivity contribution in [1.82, 2.24) is 0 Å². The van der Waals surface area contributed by atoms with E-state index in [2.05, 4.69) is 10.6 Å². The zero-order chi connectivity index (χ0) is 19.1. The molecule has 0 saturated carbocycles. The Morgan fingerprint density at radius 2 is 1.42 bits per heavy atom. The Kier molecular flexibility index (Phi) is 6.78. The molecule has 2 aromatic carbocycles. The lowest BCUT2D eigenvalue weighted by Gasteiger charge is -2.14. The molecule has 0 spiro atoms. The van der Waals surface area contributed by atoms with E-state index in [1.165, 1.54) is 0 Å². The molecule has 0 aromatic heterocycles. The van der Waals surface area contributed by atoms with Crippen LogP contribution in [-0.2, 0) is 22.4 Å². The number of para-hydroxylation sites is 1. The number of benzene rings is 2. The number of aryl methyl sites for hydroxylation is 2. The Morgan fingerprint density at radius 1 is 0.885 bits per heavy atom. The molecule has 2 N–H and O–H groups in total. The van der Waals surface area contributed by atoms with Gasteiger partial charge in [-0.15, -0.1) is 0 Å². The number of hydrogen-bond acceptors (Lipinski definition) is 3. The average molecular weight is 354 g/mol. The Morgan fingerprint density at radius 3 is 1.92 bits per heavy atom. The van der Waals surface area contributed by atoms with E-state index in [0.717, 1.165) is 29.7 Å². The molecule has 26 heavy (non-hydrogen) atoms. The molecule has 0 fully saturated rings. The minimum atomic E-state index is -0.699. The van der Waals surface area contributed by atoms with Crippen molar-refractivity contribution in [2.75, 3.05) is 10.6 Å². The minimum absolute atomic E-state index is 0.0765. The number of rotatable bonds is 6. The fourth-order valence-electron chi connectivity index (χ4n) is 2.65. The van der Waals surface area contributed by atoms with E-state index in [1.807, 2.05) is 45.9 Å². The molecular weight excluding hydrogens is 328 g/mol. The number of carbonyl (C=O) groups excluding carboxylic acids is 2. The zero-order valence-electron chi connectivity index (χ0n) is 15.8. The van der Waals surface area contributed by atoms with Crippen LogP contribution >= 0.6 is 0 Å². The van der Waals surface area contributed by atoms with Crippen LogP contribution in [0.5, 0.6) is 5.75 Å². The number of anilines is 2. The third-order valence-electron chi connectivity index (χ3n) is 3.93. The summed E-state index contributed by atoms with van der Waals surface area (Å²) in [6, 6.07) is 12.8. The second-order valence-electron chi connectivity index (χ2n) is 6.26. The van der Waals surface area contributed by atoms with Crippen molar-refractivity contribution in [1.29, 1.82) is 0 Å². The lowest BCUT2D eigenvalue weighted by Crippen LogP contribution is -2.29. The van der Waals surface area contributed by atoms with Crippen LogP contribution in [0.4, 0.5) is 11.4 Å². The predicted molar refractivity (Wildman–Crippen MR) is 105 cm³/mol. The van der Waals surface area contributed by atoms with E-state index < -0.39 is 11.8 Å². The Labute approximate surface area is 154 Å². The van der Waals surface area contributed by atoms with Gasteiger partial charge < -0.3 is 15.4 Å². The zero-order valence-corrected chi connectivity index (χ0v) is 15.8. The van der Waals surface area contributed by atoms with Crippen molar-refractivity contribution in [3.8, 4) is 5.75 Å². The highest BCUT2D eigenvalue weighted by molar-refractivity contribution is 6.43. The molecule has 2 aromatic rings. The maximum atomic E-state index is 12.3. The van der Waals surface area contributed by atoms with E-state index in [1.54, 1.807) is 24.3 Å². The smallest absolute Gasteiger partial charge is 0.314 e. The molecule has 0 aliphatic heterocycles. The van der Waals surface area contributed by atoms with Gasteiger partial charge in [0, 0.05) is 11.4 Å². The predicted octanol–water partition coefficient (Wildman–Crippen LogP) is 4.18. The summed E-state index contributed by atoms with van der Waals surface area (Å²) in [4.78, 5) is 24.5. The van der Waals surface area contributed by atoms with Gasteiger partial charge in [-0.2, -0.15) is 0 Å². The molecular formula is C21H26N2O3. The van der Waals surface area contributed by atoms with Crippen LogP contribution in [0.3, 0.4) is 0 Å². The Hall–Kier alpha value is -2.82. The van der Waals surface area contributed by atoms with Gasteiger partial charge in [0.1, 0.15) is 5.75 Å². The molecule has 0 aliphatic rings. The topological polar surface area (TPSA) is 67.4 Å². The Balaban J connectivity index is 2.05. The van der Waals surface area contributed by atoms with E-state index >= 15 is 0 Å². The van der Waals surface area contributed by atoms with Gasteiger partial charge in [-0.1, -0.05) is 32.0 Å². The number of carbonyl (C=O) groups is 2. The highest BCUT2D eigenvalue weighted by Crippen LogP contribution is 2.23. The summed E-state index contributed by atoms with van der Waals surface area (Å²) >= 11 is 0. The highest BCUT2D eigenvalue weighted by Gasteiger charge is 2.17. The van der Waals surface area contributed by atoms with Gasteiger partial charge in [-0.25, -0.2) is 0 Å². The second kappa shape index (κ2) is 9.04. The lowest BCUT2D eigenvalue weighted by atomic mass is 10.0. The van der Waals surface area contributed by atoms with Gasteiger partial charge in [0.2, 0.25) is 0 Å². The van der Waals surface area contributed by atoms with Crippen molar-refractivity contribution in [3.63, 3.8) is 0 Å². The molecule has 2 rings (SSSR count). The fourth-order valence-corrected chi connectivity index (χ4v) is 2.65. The number of hydrogen-bond donors (Lipinski definition) is 2. The lowest BCUT2D eigenvalue weighted by molar-refractivity contribution is -0.133. The van der Waals surface area contributed by atoms with Crippen molar-refractivity contribution in [3.05, 3.63) is 53.6 Å². The summed E-state index contributed by atoms with van der Waals surface area (Å²) in [5, 5.41) is 5.37. The van der Waals surface area contributed by atoms with Gasteiger partial charge in [-0.05, 0) is 62.1 Å². The first kappa shape index (κ1) is 19.5. The number of ether oxygens (including phenoxy) is 1. The van der Waals surface area contributed by atoms with Gasteiger partial charge in [0.15, 0.2) is 0 Å². The molecule has 0 heterocycles. The Bertz CT molecular complexity index is 745. The number of nitrogens with one attached hydrogen (secondary N) is 2. The molecule has 138 valence electrons. The van der Waals surface area contributed by atoms with Crippen LogP contribution < -0.4 is 15.4 Å². The standard InChI is InChI=1S/C21H26N2O3/c1-5-15-8-7-9-16(6-2)19(15)23-21(25)20(24)22-17-10-12-18(13-11-17)26-14(3)4/h7-14H,5-6H2,1-4H3,(H,22,24)(H,23,25). The van der Waals surface area contributed by atoms with E-state index in [0.29, 0.717) is 11.4 Å². The van der Waals surface area contributed by atoms with Crippen LogP contribution in [0.1, 0.15) is 38.8 Å². The summed E-state index contributed by atoms with van der Waals surface area (Å²) in [6.45, 7) is 7.92. The van der Waals surface area contributed by atoms with Gasteiger partial charge >= 0.3 is 11.8 Å². The largest absolute Gasteiger partial charge is 0.491 e. The monoisotopic (exact) mass is 354 g/mol. The van der Waals surface area contributed by atoms with Crippen molar-refractivity contribution >= 4 is 23.2 Å². The van der Waals surface area contributed by atoms with Crippen molar-refractivity contribution < 1.29 is 14.3 Å². The summed E-state index contributed by atoms with van der Waals surface area (Å²) in [5.74, 6) is -0.662. The van der Waals surface area contributed by atoms with E-state index in [9.17, 15) is 9.59 Å². The average Bonchev–Trinajstić information content (AvgIpc) is 2.62. The third-order valence-corrected chi connectivity index (χ3v) is 3.93. The van der Waals surface area contributed by atoms with Crippen LogP contribution in [0.15, 0.2) is 42.5 Å². The molecule has 0 aliphatic carbocycles. The molecule has 0 radical (unpaired) electrons. The number of amides is 2. The molecule has 0 atom stereocenters. The quantitative estimate of drug-likeness (QED) is 0.765. The summed E-state index contributed by atoms with van der Waals surface area (Å²) in [5.41, 5.74) is 3.31. The maximum absolute atomic E-state index is 12.3. The summed E-state index contributed by atoms with van der Waals surface area (Å²) in [7, 11) is 0. The third kappa shape index (κ3) is 5.09. The second-order valence-corrected chi connectivity index (χ2v) is 6.26. The van der Waals surface area contributed by atoms with Gasteiger partial charge in [-0.3, -0.25) is 9.59 Å². The van der Waals surface area contributed by atoms with Crippen LogP contribution in [0, 0.1) is 0 Å². The van der Waals surface area contributed by atoms with Gasteiger partial charge in [0.05, 0.1) is 6.10 Å². The molecule has 0 saturated heterocycles. The summed E-state index contributed by atoms with van der Waals surface area (Å²) in [6.07, 6.45) is 1.64. The molecule has 5 nitrogen and oxygen atoms in total. The van der Waals surface area contributed by atoms with Crippen molar-refractivity contribution in [2.24, 2.45) is 0 Å². The van der Waals surface area contributed by atoms with Gasteiger partial charge in [0.25, 0.3) is 0 Å². The first-order valence-electron chi connectivity index (χ1n) is 8.94. The minimum Gasteiger partial charge on any atom is -0.491 e. The van der Waals surface area contributed by atoms with E-state index in [-0.39, 0.29) is 6.10 Å². The highest BCUT2D eigenvalue weighted by atomic mass is 16.5. The van der Waals surface area contributed by atoms with Crippen LogP contribution in [0.25, 0.3) is 0 Å². The van der Waals surface area contributed by atoms with Crippen LogP contribution in [0.2, 0.25) is 0 Å². The molecule has 5 heteroatoms. The fraction of sp³-hybridized carbons (Fsp3) is 0.333. The molecule has 2 amide bonds. The first-order chi connectivity index (χ1) is 12.4. The van der Waals surface area contributed by atoms with E-state index in [4.69, 9.17) is 4.74 Å². The first-order valence-corrected chi connectivity index (χ1v) is 8.94. The normalized spacial score (nSPS) is 10.5. The van der Waals surface area contributed by atoms with Crippen molar-refractivity contribution in [2.45, 2.75) is 46.6 Å². The molecule has 0 bridgehead atoms. The maximum Gasteiger partial charge on any atom is 0.314 e. The van der Waals surface area contributed by atoms with Crippen LogP contribution in [-0.4, -0.2) is 17.9 Å².